The van der Waals surface area contributed by atoms with E-state index in [2.05, 4.69) is 0 Å². The lowest BCUT2D eigenvalue weighted by atomic mass is 10.1. The van der Waals surface area contributed by atoms with Crippen molar-refractivity contribution in [2.24, 2.45) is 0 Å². The van der Waals surface area contributed by atoms with Crippen LogP contribution in [0.5, 0.6) is 0 Å². The molecular formula is C18H15NO3. The first-order chi connectivity index (χ1) is 10.6. The summed E-state index contributed by atoms with van der Waals surface area (Å²) in [5.41, 5.74) is 2.83. The zero-order valence-corrected chi connectivity index (χ0v) is 12.2. The highest BCUT2D eigenvalue weighted by molar-refractivity contribution is 6.09. The molecule has 0 spiro atoms. The molecule has 0 aromatic heterocycles. The fourth-order valence-electron chi connectivity index (χ4n) is 2.22. The van der Waals surface area contributed by atoms with Crippen LogP contribution in [-0.4, -0.2) is 16.9 Å². The van der Waals surface area contributed by atoms with Gasteiger partial charge in [-0.05, 0) is 24.1 Å². The second-order valence-electron chi connectivity index (χ2n) is 5.16. The van der Waals surface area contributed by atoms with Crippen LogP contribution < -0.4 is 0 Å². The van der Waals surface area contributed by atoms with Crippen molar-refractivity contribution in [3.63, 3.8) is 0 Å². The maximum Gasteiger partial charge on any atom is 0.422 e. The first kappa shape index (κ1) is 14.1. The van der Waals surface area contributed by atoms with Crippen LogP contribution in [0.15, 0.2) is 60.4 Å². The molecule has 3 rings (SSSR count). The third-order valence-corrected chi connectivity index (χ3v) is 3.43. The predicted octanol–water partition coefficient (Wildman–Crippen LogP) is 3.51. The average Bonchev–Trinajstić information content (AvgIpc) is 2.78. The SMILES string of the molecule is Cc1ccc(/C=C2\OC(=O)N(Cc3ccccc3)C2=O)cc1. The summed E-state index contributed by atoms with van der Waals surface area (Å²) in [6.07, 6.45) is 0.956. The quantitative estimate of drug-likeness (QED) is 0.813. The minimum atomic E-state index is -0.632. The Morgan fingerprint density at radius 2 is 1.68 bits per heavy atom. The normalized spacial score (nSPS) is 16.2. The lowest BCUT2D eigenvalue weighted by molar-refractivity contribution is -0.123. The minimum Gasteiger partial charge on any atom is -0.404 e. The van der Waals surface area contributed by atoms with E-state index in [1.54, 1.807) is 6.08 Å². The molecule has 1 fully saturated rings. The summed E-state index contributed by atoms with van der Waals surface area (Å²) in [6.45, 7) is 2.20. The lowest BCUT2D eigenvalue weighted by Crippen LogP contribution is -2.28. The first-order valence-electron chi connectivity index (χ1n) is 6.99. The summed E-state index contributed by atoms with van der Waals surface area (Å²) in [5, 5.41) is 0. The molecule has 0 atom stereocenters. The Kier molecular flexibility index (Phi) is 3.74. The predicted molar refractivity (Wildman–Crippen MR) is 82.6 cm³/mol. The zero-order chi connectivity index (χ0) is 15.5. The van der Waals surface area contributed by atoms with E-state index < -0.39 is 12.0 Å². The van der Waals surface area contributed by atoms with Gasteiger partial charge in [-0.25, -0.2) is 9.69 Å². The molecule has 1 heterocycles. The Bertz CT molecular complexity index is 733. The smallest absolute Gasteiger partial charge is 0.404 e. The molecule has 1 aliphatic heterocycles. The highest BCUT2D eigenvalue weighted by atomic mass is 16.6. The van der Waals surface area contributed by atoms with E-state index in [9.17, 15) is 9.59 Å². The maximum absolute atomic E-state index is 12.3. The summed E-state index contributed by atoms with van der Waals surface area (Å²) in [4.78, 5) is 25.3. The molecule has 2 aromatic carbocycles. The Morgan fingerprint density at radius 3 is 2.36 bits per heavy atom. The molecule has 22 heavy (non-hydrogen) atoms. The van der Waals surface area contributed by atoms with Gasteiger partial charge in [0, 0.05) is 0 Å². The van der Waals surface area contributed by atoms with Crippen molar-refractivity contribution < 1.29 is 14.3 Å². The molecule has 0 bridgehead atoms. The number of aryl methyl sites for hydroxylation is 1. The molecule has 0 aliphatic carbocycles. The van der Waals surface area contributed by atoms with Crippen molar-refractivity contribution in [3.05, 3.63) is 77.0 Å². The van der Waals surface area contributed by atoms with Crippen molar-refractivity contribution in [2.75, 3.05) is 0 Å². The molecule has 2 aromatic rings. The van der Waals surface area contributed by atoms with Crippen LogP contribution in [0, 0.1) is 6.92 Å². The zero-order valence-electron chi connectivity index (χ0n) is 12.2. The van der Waals surface area contributed by atoms with Crippen molar-refractivity contribution in [3.8, 4) is 0 Å². The highest BCUT2D eigenvalue weighted by Crippen LogP contribution is 2.21. The molecule has 110 valence electrons. The van der Waals surface area contributed by atoms with E-state index >= 15 is 0 Å². The largest absolute Gasteiger partial charge is 0.422 e. The Labute approximate surface area is 128 Å². The van der Waals surface area contributed by atoms with Gasteiger partial charge in [-0.3, -0.25) is 4.79 Å². The van der Waals surface area contributed by atoms with Gasteiger partial charge >= 0.3 is 6.09 Å². The first-order valence-corrected chi connectivity index (χ1v) is 6.99. The highest BCUT2D eigenvalue weighted by Gasteiger charge is 2.36. The van der Waals surface area contributed by atoms with E-state index in [1.807, 2.05) is 61.5 Å². The molecule has 0 N–H and O–H groups in total. The summed E-state index contributed by atoms with van der Waals surface area (Å²) < 4.78 is 5.09. The van der Waals surface area contributed by atoms with Gasteiger partial charge in [0.15, 0.2) is 5.76 Å². The standard InChI is InChI=1S/C18H15NO3/c1-13-7-9-14(10-8-13)11-16-17(20)19(18(21)22-16)12-15-5-3-2-4-6-15/h2-11H,12H2,1H3/b16-11-. The van der Waals surface area contributed by atoms with Crippen molar-refractivity contribution in [1.82, 2.24) is 4.90 Å². The van der Waals surface area contributed by atoms with Gasteiger partial charge in [-0.2, -0.15) is 0 Å². The number of benzene rings is 2. The van der Waals surface area contributed by atoms with Crippen molar-refractivity contribution in [2.45, 2.75) is 13.5 Å². The number of carbonyl (C=O) groups excluding carboxylic acids is 2. The number of nitrogens with zero attached hydrogens (tertiary/aromatic N) is 1. The Hall–Kier alpha value is -2.88. The molecule has 4 heteroatoms. The van der Waals surface area contributed by atoms with Gasteiger partial charge in [0.05, 0.1) is 6.54 Å². The molecule has 1 aliphatic rings. The minimum absolute atomic E-state index is 0.0600. The molecule has 0 unspecified atom stereocenters. The van der Waals surface area contributed by atoms with Crippen LogP contribution in [-0.2, 0) is 16.1 Å². The lowest BCUT2D eigenvalue weighted by Gasteiger charge is -2.09. The summed E-state index contributed by atoms with van der Waals surface area (Å²) in [5.74, 6) is -0.348. The van der Waals surface area contributed by atoms with Crippen molar-refractivity contribution >= 4 is 18.1 Å². The van der Waals surface area contributed by atoms with E-state index in [4.69, 9.17) is 4.74 Å². The number of rotatable bonds is 3. The molecule has 1 saturated heterocycles. The second-order valence-corrected chi connectivity index (χ2v) is 5.16. The summed E-state index contributed by atoms with van der Waals surface area (Å²) in [6, 6.07) is 17.0. The van der Waals surface area contributed by atoms with Gasteiger partial charge in [-0.1, -0.05) is 60.2 Å². The third-order valence-electron chi connectivity index (χ3n) is 3.43. The molecule has 0 radical (unpaired) electrons. The van der Waals surface area contributed by atoms with Crippen LogP contribution in [0.25, 0.3) is 6.08 Å². The van der Waals surface area contributed by atoms with Crippen LogP contribution in [0.1, 0.15) is 16.7 Å². The average molecular weight is 293 g/mol. The topological polar surface area (TPSA) is 46.6 Å². The van der Waals surface area contributed by atoms with Gasteiger partial charge in [0.25, 0.3) is 5.91 Å². The summed E-state index contributed by atoms with van der Waals surface area (Å²) >= 11 is 0. The van der Waals surface area contributed by atoms with E-state index in [0.717, 1.165) is 21.6 Å². The van der Waals surface area contributed by atoms with Gasteiger partial charge in [0.1, 0.15) is 0 Å². The van der Waals surface area contributed by atoms with E-state index in [-0.39, 0.29) is 12.3 Å². The number of amides is 2. The number of imide groups is 1. The Morgan fingerprint density at radius 1 is 1.00 bits per heavy atom. The number of hydrogen-bond donors (Lipinski definition) is 0. The number of carbonyl (C=O) groups is 2. The fourth-order valence-corrected chi connectivity index (χ4v) is 2.22. The Balaban J connectivity index is 1.80. The van der Waals surface area contributed by atoms with Crippen molar-refractivity contribution in [1.29, 1.82) is 0 Å². The molecule has 2 amide bonds. The number of cyclic esters (lactones) is 1. The number of ether oxygens (including phenoxy) is 1. The van der Waals surface area contributed by atoms with Crippen LogP contribution in [0.2, 0.25) is 0 Å². The second kappa shape index (κ2) is 5.85. The maximum atomic E-state index is 12.3. The fraction of sp³-hybridized carbons (Fsp3) is 0.111. The molecule has 4 nitrogen and oxygen atoms in total. The van der Waals surface area contributed by atoms with E-state index in [1.165, 1.54) is 0 Å². The third kappa shape index (κ3) is 2.91. The van der Waals surface area contributed by atoms with Gasteiger partial charge in [0.2, 0.25) is 0 Å². The molecular weight excluding hydrogens is 278 g/mol. The summed E-state index contributed by atoms with van der Waals surface area (Å²) in [7, 11) is 0. The number of hydrogen-bond acceptors (Lipinski definition) is 3. The van der Waals surface area contributed by atoms with Gasteiger partial charge in [-0.15, -0.1) is 0 Å². The van der Waals surface area contributed by atoms with Gasteiger partial charge < -0.3 is 4.74 Å². The van der Waals surface area contributed by atoms with Crippen LogP contribution >= 0.6 is 0 Å². The van der Waals surface area contributed by atoms with Crippen LogP contribution in [0.3, 0.4) is 0 Å². The van der Waals surface area contributed by atoms with E-state index in [0.29, 0.717) is 0 Å². The van der Waals surface area contributed by atoms with Crippen LogP contribution in [0.4, 0.5) is 4.79 Å². The molecule has 0 saturated carbocycles. The monoisotopic (exact) mass is 293 g/mol.